The highest BCUT2D eigenvalue weighted by atomic mass is 32.2. The van der Waals surface area contributed by atoms with Crippen LogP contribution in [0.4, 0.5) is 5.69 Å². The Morgan fingerprint density at radius 2 is 1.66 bits per heavy atom. The van der Waals surface area contributed by atoms with E-state index in [0.29, 0.717) is 17.0 Å². The predicted octanol–water partition coefficient (Wildman–Crippen LogP) is 4.18. The molecular weight excluding hydrogens is 422 g/mol. The molecule has 0 unspecified atom stereocenters. The number of aryl methyl sites for hydroxylation is 1. The number of benzene rings is 3. The molecule has 7 heteroatoms. The zero-order chi connectivity index (χ0) is 22.8. The van der Waals surface area contributed by atoms with Crippen LogP contribution in [-0.4, -0.2) is 29.8 Å². The normalized spacial score (nSPS) is 11.1. The summed E-state index contributed by atoms with van der Waals surface area (Å²) in [6.07, 6.45) is 0. The molecule has 6 nitrogen and oxygen atoms in total. The number of rotatable bonds is 10. The van der Waals surface area contributed by atoms with Gasteiger partial charge in [0.05, 0.1) is 5.75 Å². The van der Waals surface area contributed by atoms with E-state index < -0.39 is 0 Å². The Hall–Kier alpha value is -3.58. The molecule has 32 heavy (non-hydrogen) atoms. The van der Waals surface area contributed by atoms with Gasteiger partial charge in [-0.15, -0.1) is 11.8 Å². The third-order valence-corrected chi connectivity index (χ3v) is 5.57. The van der Waals surface area contributed by atoms with Crippen LogP contribution in [0.1, 0.15) is 16.7 Å². The van der Waals surface area contributed by atoms with Crippen LogP contribution in [0.2, 0.25) is 0 Å². The van der Waals surface area contributed by atoms with Crippen molar-refractivity contribution in [3.05, 3.63) is 95.6 Å². The largest absolute Gasteiger partial charge is 0.484 e. The van der Waals surface area contributed by atoms with E-state index >= 15 is 0 Å². The molecule has 0 fully saturated rings. The molecule has 0 radical (unpaired) electrons. The summed E-state index contributed by atoms with van der Waals surface area (Å²) in [6.45, 7) is 1.86. The van der Waals surface area contributed by atoms with Gasteiger partial charge in [0.2, 0.25) is 0 Å². The van der Waals surface area contributed by atoms with Gasteiger partial charge in [-0.1, -0.05) is 48.0 Å². The lowest BCUT2D eigenvalue weighted by Crippen LogP contribution is -2.21. The Morgan fingerprint density at radius 3 is 2.31 bits per heavy atom. The quantitative estimate of drug-likeness (QED) is 0.276. The van der Waals surface area contributed by atoms with Gasteiger partial charge in [0.15, 0.2) is 12.4 Å². The van der Waals surface area contributed by atoms with Crippen molar-refractivity contribution >= 4 is 34.9 Å². The fourth-order valence-corrected chi connectivity index (χ4v) is 3.76. The van der Waals surface area contributed by atoms with E-state index in [2.05, 4.69) is 10.4 Å². The standard InChI is InChI=1S/C25H25N3O3S/c1-18-7-11-21(12-8-18)27-24(30)15-31-22-13-9-20(10-14-22)25(28-26)23(29)17-32-16-19-5-3-2-4-6-19/h2-14H,15-17,26H2,1H3,(H,27,30)/b28-25+. The number of nitrogens with zero attached hydrogens (tertiary/aromatic N) is 1. The Bertz CT molecular complexity index is 1070. The van der Waals surface area contributed by atoms with E-state index in [4.69, 9.17) is 10.6 Å². The molecule has 3 rings (SSSR count). The van der Waals surface area contributed by atoms with Crippen LogP contribution in [0, 0.1) is 6.92 Å². The molecule has 0 aliphatic rings. The topological polar surface area (TPSA) is 93.8 Å². The molecule has 0 atom stereocenters. The van der Waals surface area contributed by atoms with Crippen LogP contribution < -0.4 is 15.9 Å². The third-order valence-electron chi connectivity index (χ3n) is 4.57. The minimum Gasteiger partial charge on any atom is -0.484 e. The number of nitrogens with one attached hydrogen (secondary N) is 1. The number of Topliss-reactive ketones (excluding diaryl/α,β-unsaturated/α-hetero) is 1. The maximum Gasteiger partial charge on any atom is 0.262 e. The van der Waals surface area contributed by atoms with E-state index in [0.717, 1.165) is 16.9 Å². The number of ketones is 1. The van der Waals surface area contributed by atoms with Crippen molar-refractivity contribution in [3.8, 4) is 5.75 Å². The summed E-state index contributed by atoms with van der Waals surface area (Å²) >= 11 is 1.51. The Labute approximate surface area is 191 Å². The van der Waals surface area contributed by atoms with Gasteiger partial charge in [0.25, 0.3) is 5.91 Å². The fraction of sp³-hybridized carbons (Fsp3) is 0.160. The molecule has 0 aliphatic carbocycles. The van der Waals surface area contributed by atoms with E-state index in [9.17, 15) is 9.59 Å². The lowest BCUT2D eigenvalue weighted by molar-refractivity contribution is -0.118. The van der Waals surface area contributed by atoms with E-state index in [1.54, 1.807) is 24.3 Å². The molecule has 164 valence electrons. The van der Waals surface area contributed by atoms with Gasteiger partial charge in [-0.05, 0) is 48.9 Å². The highest BCUT2D eigenvalue weighted by Crippen LogP contribution is 2.16. The first-order valence-electron chi connectivity index (χ1n) is 10.1. The molecular formula is C25H25N3O3S. The summed E-state index contributed by atoms with van der Waals surface area (Å²) in [7, 11) is 0. The molecule has 3 aromatic rings. The Balaban J connectivity index is 1.48. The number of hydrazone groups is 1. The van der Waals surface area contributed by atoms with Gasteiger partial charge < -0.3 is 15.9 Å². The van der Waals surface area contributed by atoms with Gasteiger partial charge in [0, 0.05) is 17.0 Å². The van der Waals surface area contributed by atoms with E-state index in [1.165, 1.54) is 11.8 Å². The van der Waals surface area contributed by atoms with Gasteiger partial charge in [-0.2, -0.15) is 5.10 Å². The van der Waals surface area contributed by atoms with E-state index in [-0.39, 0.29) is 29.8 Å². The first kappa shape index (κ1) is 23.1. The molecule has 3 aromatic carbocycles. The number of ether oxygens (including phenoxy) is 1. The maximum absolute atomic E-state index is 12.5. The van der Waals surface area contributed by atoms with Gasteiger partial charge in [-0.25, -0.2) is 0 Å². The molecule has 0 saturated carbocycles. The number of amides is 1. The monoisotopic (exact) mass is 447 g/mol. The molecule has 1 amide bonds. The number of thioether (sulfide) groups is 1. The average Bonchev–Trinajstić information content (AvgIpc) is 2.81. The van der Waals surface area contributed by atoms with Crippen molar-refractivity contribution in [3.63, 3.8) is 0 Å². The number of anilines is 1. The summed E-state index contributed by atoms with van der Waals surface area (Å²) in [5.41, 5.74) is 3.81. The van der Waals surface area contributed by atoms with Crippen molar-refractivity contribution in [2.45, 2.75) is 12.7 Å². The van der Waals surface area contributed by atoms with Crippen LogP contribution in [0.25, 0.3) is 0 Å². The Morgan fingerprint density at radius 1 is 0.969 bits per heavy atom. The zero-order valence-corrected chi connectivity index (χ0v) is 18.6. The highest BCUT2D eigenvalue weighted by Gasteiger charge is 2.14. The molecule has 3 N–H and O–H groups in total. The first-order chi connectivity index (χ1) is 15.5. The fourth-order valence-electron chi connectivity index (χ4n) is 2.90. The lowest BCUT2D eigenvalue weighted by Gasteiger charge is -2.09. The zero-order valence-electron chi connectivity index (χ0n) is 17.8. The maximum atomic E-state index is 12.5. The summed E-state index contributed by atoms with van der Waals surface area (Å²) in [6, 6.07) is 24.3. The molecule has 0 bridgehead atoms. The number of nitrogens with two attached hydrogens (primary N) is 1. The summed E-state index contributed by atoms with van der Waals surface area (Å²) in [5, 5.41) is 6.47. The first-order valence-corrected chi connectivity index (χ1v) is 11.2. The number of hydrogen-bond acceptors (Lipinski definition) is 6. The minimum atomic E-state index is -0.257. The summed E-state index contributed by atoms with van der Waals surface area (Å²) in [5.74, 6) is 6.61. The second-order valence-electron chi connectivity index (χ2n) is 7.11. The SMILES string of the molecule is Cc1ccc(NC(=O)COc2ccc(/C(=N\N)C(=O)CSCc3ccccc3)cc2)cc1. The second kappa shape index (κ2) is 11.7. The van der Waals surface area contributed by atoms with Gasteiger partial charge in [-0.3, -0.25) is 9.59 Å². The van der Waals surface area contributed by atoms with Crippen molar-refractivity contribution in [1.82, 2.24) is 0 Å². The molecule has 0 spiro atoms. The number of carbonyl (C=O) groups is 2. The second-order valence-corrected chi connectivity index (χ2v) is 8.09. The average molecular weight is 448 g/mol. The lowest BCUT2D eigenvalue weighted by atomic mass is 10.1. The van der Waals surface area contributed by atoms with Gasteiger partial charge in [0.1, 0.15) is 11.5 Å². The molecule has 0 saturated heterocycles. The van der Waals surface area contributed by atoms with Crippen LogP contribution in [-0.2, 0) is 15.3 Å². The van der Waals surface area contributed by atoms with Crippen molar-refractivity contribution in [2.24, 2.45) is 10.9 Å². The molecule has 0 aliphatic heterocycles. The van der Waals surface area contributed by atoms with Crippen LogP contribution in [0.5, 0.6) is 5.75 Å². The third kappa shape index (κ3) is 6.99. The number of hydrogen-bond donors (Lipinski definition) is 2. The Kier molecular flexibility index (Phi) is 8.45. The predicted molar refractivity (Wildman–Crippen MR) is 130 cm³/mol. The van der Waals surface area contributed by atoms with E-state index in [1.807, 2.05) is 61.5 Å². The van der Waals surface area contributed by atoms with Crippen LogP contribution in [0.15, 0.2) is 84.0 Å². The highest BCUT2D eigenvalue weighted by molar-refractivity contribution is 7.99. The van der Waals surface area contributed by atoms with Gasteiger partial charge >= 0.3 is 0 Å². The smallest absolute Gasteiger partial charge is 0.262 e. The van der Waals surface area contributed by atoms with Crippen LogP contribution in [0.3, 0.4) is 0 Å². The number of carbonyl (C=O) groups excluding carboxylic acids is 2. The van der Waals surface area contributed by atoms with Crippen molar-refractivity contribution < 1.29 is 14.3 Å². The minimum absolute atomic E-state index is 0.125. The molecule has 0 heterocycles. The summed E-state index contributed by atoms with van der Waals surface area (Å²) in [4.78, 5) is 24.6. The summed E-state index contributed by atoms with van der Waals surface area (Å²) < 4.78 is 5.53. The van der Waals surface area contributed by atoms with Crippen LogP contribution >= 0.6 is 11.8 Å². The van der Waals surface area contributed by atoms with Crippen molar-refractivity contribution in [2.75, 3.05) is 17.7 Å². The van der Waals surface area contributed by atoms with Crippen molar-refractivity contribution in [1.29, 1.82) is 0 Å². The molecule has 0 aromatic heterocycles.